The van der Waals surface area contributed by atoms with Crippen LogP contribution in [0.5, 0.6) is 17.2 Å². The highest BCUT2D eigenvalue weighted by molar-refractivity contribution is 5.97. The minimum absolute atomic E-state index is 0.0131. The van der Waals surface area contributed by atoms with Crippen molar-refractivity contribution >= 4 is 34.7 Å². The number of halogens is 6. The normalized spacial score (nSPS) is 16.0. The van der Waals surface area contributed by atoms with Gasteiger partial charge in [0.2, 0.25) is 0 Å². The van der Waals surface area contributed by atoms with E-state index in [-0.39, 0.29) is 71.9 Å². The zero-order valence-corrected chi connectivity index (χ0v) is 52.8. The molecule has 2 fully saturated rings. The molecule has 0 bridgehead atoms. The number of imidazole rings is 3. The van der Waals surface area contributed by atoms with Crippen LogP contribution in [-0.2, 0) is 24.6 Å². The summed E-state index contributed by atoms with van der Waals surface area (Å²) < 4.78 is 110. The van der Waals surface area contributed by atoms with Gasteiger partial charge in [-0.15, -0.1) is 0 Å². The van der Waals surface area contributed by atoms with Gasteiger partial charge in [-0.25, -0.2) is 50.9 Å². The first kappa shape index (κ1) is 69.2. The number of nitrogens with two attached hydrogens (primary N) is 1. The maximum absolute atomic E-state index is 14.0. The number of rotatable bonds is 17. The Bertz CT molecular complexity index is 4210. The standard InChI is InChI=1S/C26H27F2N3O2.C19H18F2N2O3.C17H14F2N2O3.C8H14N2/c1-16-12-24(33-15-20-21(27)4-3-5-22(20)28)26-30-17(2)25(31(26)14-16)23(32)11-10-18-6-8-19(13-29)9-7-18;1-4-25-19(24)17-12(3)22-18-16(8-11(2)9-23(17)18)26-10-13-14(20)6-5-7-15(13)21;1-9-6-14(24-8-11-12(18)4-3-5-13(11)19)16-20-10(2)15(17(22)23)21(16)7-9;9-5-7-1-2-8(6-10)4-3-7/h3-5,12,14,18-19H,6-11,15H2,1-2H3;5-9H,4,10H2,1-3H3;3-7H,8H2,1-2H3,(H,22,23);7-8H,1-5,9H2. The van der Waals surface area contributed by atoms with Gasteiger partial charge in [0, 0.05) is 36.8 Å². The fraction of sp³-hybridized carbons (Fsp3) is 0.371. The van der Waals surface area contributed by atoms with Crippen molar-refractivity contribution < 1.29 is 64.8 Å². The summed E-state index contributed by atoms with van der Waals surface area (Å²) in [6.07, 6.45) is 14.7. The molecule has 2 saturated carbocycles. The fourth-order valence-corrected chi connectivity index (χ4v) is 11.5. The molecule has 6 heterocycles. The number of aryl methyl sites for hydroxylation is 6. The van der Waals surface area contributed by atoms with E-state index in [0.717, 1.165) is 93.2 Å². The SMILES string of the molecule is CCOC(=O)c1c(C)nc2c(OCc3c(F)cccc3F)cc(C)cn12.Cc1cc(OCc2c(F)cccc2F)c2nc(C)c(C(=O)CCC3CCC(C#N)CC3)n2c1.Cc1cc(OCc2c(F)cccc2F)c2nc(C)c(C(=O)O)n2c1.N#CC1CCC(CN)CC1. The van der Waals surface area contributed by atoms with Crippen molar-refractivity contribution in [1.82, 2.24) is 28.2 Å². The van der Waals surface area contributed by atoms with Crippen LogP contribution in [0, 0.1) is 123 Å². The second-order valence-corrected chi connectivity index (χ2v) is 23.2. The number of nitriles is 2. The fourth-order valence-electron chi connectivity index (χ4n) is 11.5. The molecule has 6 aromatic heterocycles. The van der Waals surface area contributed by atoms with E-state index in [4.69, 9.17) is 35.2 Å². The maximum Gasteiger partial charge on any atom is 0.357 e. The van der Waals surface area contributed by atoms with Gasteiger partial charge in [0.15, 0.2) is 51.4 Å². The number of carbonyl (C=O) groups excluding carboxylic acids is 2. The van der Waals surface area contributed by atoms with E-state index in [0.29, 0.717) is 75.4 Å². The average Bonchev–Trinajstić information content (AvgIpc) is 1.66. The summed E-state index contributed by atoms with van der Waals surface area (Å²) in [6.45, 7) is 12.4. The number of hydrogen-bond donors (Lipinski definition) is 2. The number of hydrogen-bond acceptors (Lipinski definition) is 13. The van der Waals surface area contributed by atoms with Crippen LogP contribution in [0.2, 0.25) is 0 Å². The third kappa shape index (κ3) is 16.9. The van der Waals surface area contributed by atoms with E-state index >= 15 is 0 Å². The van der Waals surface area contributed by atoms with Crippen LogP contribution in [-0.4, -0.2) is 64.1 Å². The van der Waals surface area contributed by atoms with Crippen molar-refractivity contribution in [3.8, 4) is 29.4 Å². The molecule has 3 aromatic carbocycles. The summed E-state index contributed by atoms with van der Waals surface area (Å²) in [7, 11) is 0. The molecule has 0 spiro atoms. The summed E-state index contributed by atoms with van der Waals surface area (Å²) in [4.78, 5) is 49.8. The van der Waals surface area contributed by atoms with Crippen LogP contribution in [0.25, 0.3) is 16.9 Å². The summed E-state index contributed by atoms with van der Waals surface area (Å²) in [6, 6.07) is 20.7. The van der Waals surface area contributed by atoms with Crippen LogP contribution in [0.15, 0.2) is 91.4 Å². The highest BCUT2D eigenvalue weighted by Crippen LogP contribution is 2.34. The van der Waals surface area contributed by atoms with Gasteiger partial charge in [-0.3, -0.25) is 18.0 Å². The number of esters is 1. The van der Waals surface area contributed by atoms with Gasteiger partial charge in [-0.05, 0) is 196 Å². The number of benzene rings is 3. The van der Waals surface area contributed by atoms with Crippen molar-refractivity contribution in [2.75, 3.05) is 13.2 Å². The number of pyridine rings is 3. The molecule has 488 valence electrons. The lowest BCUT2D eigenvalue weighted by molar-refractivity contribution is 0.0516. The van der Waals surface area contributed by atoms with Crippen molar-refractivity contribution in [3.63, 3.8) is 0 Å². The summed E-state index contributed by atoms with van der Waals surface area (Å²) in [5.74, 6) is -3.11. The minimum atomic E-state index is -1.11. The minimum Gasteiger partial charge on any atom is -0.485 e. The van der Waals surface area contributed by atoms with E-state index in [1.54, 1.807) is 74.0 Å². The van der Waals surface area contributed by atoms with E-state index in [2.05, 4.69) is 27.1 Å². The van der Waals surface area contributed by atoms with Crippen LogP contribution in [0.3, 0.4) is 0 Å². The third-order valence-corrected chi connectivity index (χ3v) is 16.4. The molecule has 9 aromatic rings. The van der Waals surface area contributed by atoms with E-state index in [1.807, 2.05) is 20.0 Å². The number of ketones is 1. The monoisotopic (exact) mass is 1280 g/mol. The topological polar surface area (TPSA) is 234 Å². The summed E-state index contributed by atoms with van der Waals surface area (Å²) >= 11 is 0. The number of aromatic nitrogens is 6. The Labute approximate surface area is 534 Å². The molecule has 0 unspecified atom stereocenters. The highest BCUT2D eigenvalue weighted by Gasteiger charge is 2.27. The molecule has 3 N–H and O–H groups in total. The predicted molar refractivity (Wildman–Crippen MR) is 334 cm³/mol. The van der Waals surface area contributed by atoms with Gasteiger partial charge >= 0.3 is 11.9 Å². The van der Waals surface area contributed by atoms with Crippen molar-refractivity contribution in [3.05, 3.63) is 194 Å². The van der Waals surface area contributed by atoms with Gasteiger partial charge < -0.3 is 29.8 Å². The lowest BCUT2D eigenvalue weighted by atomic mass is 9.80. The maximum atomic E-state index is 14.0. The Hall–Kier alpha value is -9.74. The Morgan fingerprint density at radius 1 is 0.538 bits per heavy atom. The molecule has 0 radical (unpaired) electrons. The molecule has 17 nitrogen and oxygen atoms in total. The van der Waals surface area contributed by atoms with Crippen LogP contribution in [0.1, 0.15) is 153 Å². The first-order valence-corrected chi connectivity index (χ1v) is 30.6. The van der Waals surface area contributed by atoms with E-state index < -0.39 is 46.8 Å². The second kappa shape index (κ2) is 31.5. The molecule has 0 saturated heterocycles. The Balaban J connectivity index is 0.000000168. The molecule has 23 heteroatoms. The Morgan fingerprint density at radius 2 is 0.871 bits per heavy atom. The van der Waals surface area contributed by atoms with Crippen molar-refractivity contribution in [2.45, 2.75) is 132 Å². The van der Waals surface area contributed by atoms with Gasteiger partial charge in [0.25, 0.3) is 0 Å². The quantitative estimate of drug-likeness (QED) is 0.0490. The zero-order valence-electron chi connectivity index (χ0n) is 52.8. The Morgan fingerprint density at radius 3 is 1.22 bits per heavy atom. The van der Waals surface area contributed by atoms with Gasteiger partial charge in [0.1, 0.15) is 60.4 Å². The number of aromatic carboxylic acids is 1. The molecule has 93 heavy (non-hydrogen) atoms. The largest absolute Gasteiger partial charge is 0.485 e. The zero-order chi connectivity index (χ0) is 67.2. The van der Waals surface area contributed by atoms with Gasteiger partial charge in [-0.1, -0.05) is 18.2 Å². The molecular weight excluding hydrogens is 1210 g/mol. The van der Waals surface area contributed by atoms with Crippen molar-refractivity contribution in [1.29, 1.82) is 10.5 Å². The van der Waals surface area contributed by atoms with E-state index in [1.165, 1.54) is 46.9 Å². The third-order valence-electron chi connectivity index (χ3n) is 16.4. The number of carbonyl (C=O) groups is 3. The van der Waals surface area contributed by atoms with Crippen LogP contribution >= 0.6 is 0 Å². The second-order valence-electron chi connectivity index (χ2n) is 23.2. The molecule has 0 atom stereocenters. The van der Waals surface area contributed by atoms with E-state index in [9.17, 15) is 45.8 Å². The first-order valence-electron chi connectivity index (χ1n) is 30.6. The molecule has 0 aliphatic heterocycles. The van der Waals surface area contributed by atoms with Gasteiger partial charge in [-0.2, -0.15) is 10.5 Å². The molecular formula is C70H73F6N9O8. The lowest BCUT2D eigenvalue weighted by Gasteiger charge is -2.24. The molecule has 11 rings (SSSR count). The van der Waals surface area contributed by atoms with Crippen LogP contribution < -0.4 is 19.9 Å². The average molecular weight is 1280 g/mol. The predicted octanol–water partition coefficient (Wildman–Crippen LogP) is 14.9. The summed E-state index contributed by atoms with van der Waals surface area (Å²) in [5, 5.41) is 26.9. The molecule has 2 aliphatic rings. The number of carboxylic acid groups (broad SMARTS) is 1. The summed E-state index contributed by atoms with van der Waals surface area (Å²) in [5.41, 5.74) is 10.7. The number of Topliss-reactive ketones (excluding diaryl/α,β-unsaturated/α-hetero) is 1. The number of nitrogens with zero attached hydrogens (tertiary/aromatic N) is 8. The van der Waals surface area contributed by atoms with Gasteiger partial charge in [0.05, 0.1) is 52.5 Å². The number of fused-ring (bicyclic) bond motifs is 3. The number of ether oxygens (including phenoxy) is 4. The highest BCUT2D eigenvalue weighted by atomic mass is 19.2. The van der Waals surface area contributed by atoms with Crippen molar-refractivity contribution in [2.24, 2.45) is 29.4 Å². The number of carboxylic acids is 1. The Kier molecular flexibility index (Phi) is 23.4. The smallest absolute Gasteiger partial charge is 0.357 e. The molecule has 2 aliphatic carbocycles. The van der Waals surface area contributed by atoms with Crippen LogP contribution in [0.4, 0.5) is 26.3 Å². The first-order chi connectivity index (χ1) is 44.5. The molecule has 0 amide bonds. The lowest BCUT2D eigenvalue weighted by Crippen LogP contribution is -2.20.